The molecule has 0 aromatic carbocycles. The molecule has 0 aliphatic heterocycles. The fourth-order valence-corrected chi connectivity index (χ4v) is 2.00. The molecule has 0 aromatic heterocycles. The van der Waals surface area contributed by atoms with Crippen molar-refractivity contribution in [3.8, 4) is 0 Å². The number of Topliss-reactive ketones (excluding diaryl/α,β-unsaturated/α-hetero) is 1. The van der Waals surface area contributed by atoms with Gasteiger partial charge in [-0.3, -0.25) is 9.59 Å². The average Bonchev–Trinajstić information content (AvgIpc) is 2.49. The third-order valence-corrected chi connectivity index (χ3v) is 2.82. The second-order valence-electron chi connectivity index (χ2n) is 4.06. The lowest BCUT2D eigenvalue weighted by molar-refractivity contribution is -0.137. The summed E-state index contributed by atoms with van der Waals surface area (Å²) in [6, 6.07) is 0. The van der Waals surface area contributed by atoms with Gasteiger partial charge in [0.05, 0.1) is 6.42 Å². The van der Waals surface area contributed by atoms with E-state index in [9.17, 15) is 9.59 Å². The average molecular weight is 210 g/mol. The van der Waals surface area contributed by atoms with Crippen molar-refractivity contribution in [1.82, 2.24) is 0 Å². The molecule has 1 aliphatic rings. The molecule has 1 N–H and O–H groups in total. The van der Waals surface area contributed by atoms with Crippen LogP contribution in [0.2, 0.25) is 0 Å². The van der Waals surface area contributed by atoms with Crippen molar-refractivity contribution in [3.63, 3.8) is 0 Å². The number of allylic oxidation sites excluding steroid dienone is 2. The third-order valence-electron chi connectivity index (χ3n) is 2.82. The number of ketones is 1. The summed E-state index contributed by atoms with van der Waals surface area (Å²) in [4.78, 5) is 22.1. The fraction of sp³-hybridized carbons (Fsp3) is 0.667. The Morgan fingerprint density at radius 1 is 1.60 bits per heavy atom. The number of rotatable bonds is 5. The molecular formula is C12H18O3. The maximum Gasteiger partial charge on any atom is 0.303 e. The molecule has 0 amide bonds. The number of carboxylic acids is 1. The summed E-state index contributed by atoms with van der Waals surface area (Å²) in [5.41, 5.74) is 0.769. The molecule has 1 saturated carbocycles. The molecule has 15 heavy (non-hydrogen) atoms. The number of carboxylic acid groups (broad SMARTS) is 1. The Balaban J connectivity index is 2.59. The van der Waals surface area contributed by atoms with E-state index in [2.05, 4.69) is 6.92 Å². The zero-order chi connectivity index (χ0) is 11.3. The molecule has 0 spiro atoms. The fourth-order valence-electron chi connectivity index (χ4n) is 2.00. The van der Waals surface area contributed by atoms with Gasteiger partial charge in [-0.05, 0) is 24.3 Å². The highest BCUT2D eigenvalue weighted by Crippen LogP contribution is 2.31. The summed E-state index contributed by atoms with van der Waals surface area (Å²) < 4.78 is 0. The van der Waals surface area contributed by atoms with Crippen LogP contribution in [0.5, 0.6) is 0 Å². The number of carbonyl (C=O) groups excluding carboxylic acids is 1. The molecule has 0 saturated heterocycles. The molecule has 3 nitrogen and oxygen atoms in total. The molecule has 0 aromatic rings. The van der Waals surface area contributed by atoms with E-state index in [1.54, 1.807) is 0 Å². The zero-order valence-corrected chi connectivity index (χ0v) is 9.16. The summed E-state index contributed by atoms with van der Waals surface area (Å²) >= 11 is 0. The van der Waals surface area contributed by atoms with Gasteiger partial charge >= 0.3 is 5.97 Å². The minimum atomic E-state index is -0.809. The second kappa shape index (κ2) is 5.69. The van der Waals surface area contributed by atoms with E-state index in [1.165, 1.54) is 0 Å². The van der Waals surface area contributed by atoms with Crippen LogP contribution in [0.25, 0.3) is 0 Å². The molecule has 84 valence electrons. The summed E-state index contributed by atoms with van der Waals surface area (Å²) in [6.45, 7) is 2.10. The Hall–Kier alpha value is -1.12. The van der Waals surface area contributed by atoms with E-state index in [-0.39, 0.29) is 18.1 Å². The van der Waals surface area contributed by atoms with Crippen LogP contribution in [-0.2, 0) is 9.59 Å². The van der Waals surface area contributed by atoms with E-state index in [1.807, 2.05) is 6.08 Å². The Morgan fingerprint density at radius 3 is 2.93 bits per heavy atom. The highest BCUT2D eigenvalue weighted by molar-refractivity contribution is 5.98. The second-order valence-corrected chi connectivity index (χ2v) is 4.06. The van der Waals surface area contributed by atoms with Crippen molar-refractivity contribution in [2.75, 3.05) is 0 Å². The zero-order valence-electron chi connectivity index (χ0n) is 9.16. The van der Waals surface area contributed by atoms with Gasteiger partial charge in [-0.15, -0.1) is 0 Å². The molecule has 0 bridgehead atoms. The molecule has 1 unspecified atom stereocenters. The van der Waals surface area contributed by atoms with Gasteiger partial charge in [-0.1, -0.05) is 25.8 Å². The first-order valence-corrected chi connectivity index (χ1v) is 5.60. The minimum Gasteiger partial charge on any atom is -0.481 e. The van der Waals surface area contributed by atoms with Gasteiger partial charge in [-0.25, -0.2) is 0 Å². The summed E-state index contributed by atoms with van der Waals surface area (Å²) in [7, 11) is 0. The standard InChI is InChI=1S/C12H18O3/c1-2-3-4-5-10-9(8-12(14)15)6-7-11(10)13/h5,9H,2-4,6-8H2,1H3,(H,14,15). The first kappa shape index (κ1) is 12.0. The lowest BCUT2D eigenvalue weighted by atomic mass is 9.97. The SMILES string of the molecule is CCCCC=C1C(=O)CCC1CC(=O)O. The predicted octanol–water partition coefficient (Wildman–Crippen LogP) is 2.56. The molecule has 1 rings (SSSR count). The number of unbranched alkanes of at least 4 members (excludes halogenated alkanes) is 2. The van der Waals surface area contributed by atoms with Gasteiger partial charge in [-0.2, -0.15) is 0 Å². The van der Waals surface area contributed by atoms with Gasteiger partial charge in [0.2, 0.25) is 0 Å². The number of carbonyl (C=O) groups is 2. The Kier molecular flexibility index (Phi) is 4.53. The summed E-state index contributed by atoms with van der Waals surface area (Å²) in [5, 5.41) is 8.71. The highest BCUT2D eigenvalue weighted by atomic mass is 16.4. The van der Waals surface area contributed by atoms with Crippen LogP contribution < -0.4 is 0 Å². The van der Waals surface area contributed by atoms with E-state index in [4.69, 9.17) is 5.11 Å². The maximum atomic E-state index is 11.5. The largest absolute Gasteiger partial charge is 0.481 e. The molecular weight excluding hydrogens is 192 g/mol. The van der Waals surface area contributed by atoms with Gasteiger partial charge < -0.3 is 5.11 Å². The van der Waals surface area contributed by atoms with Crippen LogP contribution in [0.4, 0.5) is 0 Å². The van der Waals surface area contributed by atoms with Crippen molar-refractivity contribution < 1.29 is 14.7 Å². The van der Waals surface area contributed by atoms with Crippen molar-refractivity contribution in [2.24, 2.45) is 5.92 Å². The third kappa shape index (κ3) is 3.50. The van der Waals surface area contributed by atoms with Gasteiger partial charge in [0, 0.05) is 6.42 Å². The van der Waals surface area contributed by atoms with E-state index in [0.29, 0.717) is 12.8 Å². The molecule has 1 atom stereocenters. The van der Waals surface area contributed by atoms with Crippen LogP contribution in [0, 0.1) is 5.92 Å². The van der Waals surface area contributed by atoms with Gasteiger partial charge in [0.15, 0.2) is 5.78 Å². The molecule has 0 radical (unpaired) electrons. The topological polar surface area (TPSA) is 54.4 Å². The lowest BCUT2D eigenvalue weighted by Gasteiger charge is -2.07. The monoisotopic (exact) mass is 210 g/mol. The molecule has 1 fully saturated rings. The van der Waals surface area contributed by atoms with E-state index < -0.39 is 5.97 Å². The minimum absolute atomic E-state index is 0.0353. The molecule has 3 heteroatoms. The van der Waals surface area contributed by atoms with Crippen molar-refractivity contribution in [3.05, 3.63) is 11.6 Å². The van der Waals surface area contributed by atoms with Crippen LogP contribution in [-0.4, -0.2) is 16.9 Å². The number of aliphatic carboxylic acids is 1. The summed E-state index contributed by atoms with van der Waals surface area (Å²) in [5.74, 6) is -0.694. The van der Waals surface area contributed by atoms with Gasteiger partial charge in [0.25, 0.3) is 0 Å². The maximum absolute atomic E-state index is 11.5. The summed E-state index contributed by atoms with van der Waals surface area (Å²) in [6.07, 6.45) is 6.35. The first-order valence-electron chi connectivity index (χ1n) is 5.60. The van der Waals surface area contributed by atoms with Crippen molar-refractivity contribution >= 4 is 11.8 Å². The van der Waals surface area contributed by atoms with Crippen LogP contribution in [0.15, 0.2) is 11.6 Å². The molecule has 1 aliphatic carbocycles. The van der Waals surface area contributed by atoms with Crippen LogP contribution in [0.3, 0.4) is 0 Å². The predicted molar refractivity (Wildman–Crippen MR) is 57.6 cm³/mol. The smallest absolute Gasteiger partial charge is 0.303 e. The van der Waals surface area contributed by atoms with E-state index >= 15 is 0 Å². The van der Waals surface area contributed by atoms with Crippen molar-refractivity contribution in [2.45, 2.75) is 45.4 Å². The highest BCUT2D eigenvalue weighted by Gasteiger charge is 2.29. The van der Waals surface area contributed by atoms with Crippen LogP contribution >= 0.6 is 0 Å². The Morgan fingerprint density at radius 2 is 2.33 bits per heavy atom. The van der Waals surface area contributed by atoms with E-state index in [0.717, 1.165) is 24.8 Å². The molecule has 0 heterocycles. The van der Waals surface area contributed by atoms with Crippen LogP contribution in [0.1, 0.15) is 45.4 Å². The first-order chi connectivity index (χ1) is 7.15. The number of hydrogen-bond acceptors (Lipinski definition) is 2. The lowest BCUT2D eigenvalue weighted by Crippen LogP contribution is -2.08. The van der Waals surface area contributed by atoms with Gasteiger partial charge in [0.1, 0.15) is 0 Å². The Bertz CT molecular complexity index is 279. The normalized spacial score (nSPS) is 23.7. The quantitative estimate of drug-likeness (QED) is 0.560. The number of hydrogen-bond donors (Lipinski definition) is 1. The Labute approximate surface area is 90.2 Å². The van der Waals surface area contributed by atoms with Crippen molar-refractivity contribution in [1.29, 1.82) is 0 Å².